The van der Waals surface area contributed by atoms with Crippen LogP contribution >= 0.6 is 11.3 Å². The van der Waals surface area contributed by atoms with Crippen LogP contribution in [0.15, 0.2) is 40.2 Å². The molecule has 0 amide bonds. The molecule has 124 valence electrons. The maximum absolute atomic E-state index is 12.0. The number of ether oxygens (including phenoxy) is 2. The minimum absolute atomic E-state index is 0.0810. The van der Waals surface area contributed by atoms with Crippen LogP contribution in [0.25, 0.3) is 0 Å². The van der Waals surface area contributed by atoms with E-state index in [-0.39, 0.29) is 6.61 Å². The molecule has 3 rings (SSSR count). The van der Waals surface area contributed by atoms with Crippen molar-refractivity contribution >= 4 is 17.3 Å². The zero-order valence-electron chi connectivity index (χ0n) is 13.3. The Morgan fingerprint density at radius 2 is 1.96 bits per heavy atom. The standard InChI is InChI=1S/C17H16N2O4S/c1-11-7-14(19-23-11)8-22-17(20)13-3-5-16(6-4-13)21-9-15-10-24-12(2)18-15/h3-7,10H,8-9H2,1-2H3. The highest BCUT2D eigenvalue weighted by Gasteiger charge is 2.09. The third-order valence-electron chi connectivity index (χ3n) is 3.17. The smallest absolute Gasteiger partial charge is 0.338 e. The predicted octanol–water partition coefficient (Wildman–Crippen LogP) is 3.68. The lowest BCUT2D eigenvalue weighted by atomic mass is 10.2. The van der Waals surface area contributed by atoms with E-state index in [2.05, 4.69) is 10.1 Å². The second-order valence-electron chi connectivity index (χ2n) is 5.18. The van der Waals surface area contributed by atoms with Crippen molar-refractivity contribution in [2.75, 3.05) is 0 Å². The van der Waals surface area contributed by atoms with E-state index in [0.717, 1.165) is 10.7 Å². The molecule has 0 aliphatic heterocycles. The summed E-state index contributed by atoms with van der Waals surface area (Å²) in [5.74, 6) is 0.930. The molecule has 0 spiro atoms. The fraction of sp³-hybridized carbons (Fsp3) is 0.235. The SMILES string of the molecule is Cc1cc(COC(=O)c2ccc(OCc3csc(C)n3)cc2)no1. The Morgan fingerprint density at radius 3 is 2.58 bits per heavy atom. The number of nitrogens with zero attached hydrogens (tertiary/aromatic N) is 2. The van der Waals surface area contributed by atoms with Crippen LogP contribution in [0.2, 0.25) is 0 Å². The Morgan fingerprint density at radius 1 is 1.17 bits per heavy atom. The van der Waals surface area contributed by atoms with Crippen LogP contribution in [0.1, 0.15) is 32.5 Å². The van der Waals surface area contributed by atoms with Crippen molar-refractivity contribution in [1.82, 2.24) is 10.1 Å². The lowest BCUT2D eigenvalue weighted by Crippen LogP contribution is -2.05. The Balaban J connectivity index is 1.52. The molecular weight excluding hydrogens is 328 g/mol. The number of rotatable bonds is 6. The second kappa shape index (κ2) is 7.27. The van der Waals surface area contributed by atoms with Gasteiger partial charge in [0.1, 0.15) is 30.4 Å². The molecule has 7 heteroatoms. The Bertz CT molecular complexity index is 823. The first-order chi connectivity index (χ1) is 11.6. The summed E-state index contributed by atoms with van der Waals surface area (Å²) in [6, 6.07) is 8.52. The summed E-state index contributed by atoms with van der Waals surface area (Å²) in [6.45, 7) is 4.22. The van der Waals surface area contributed by atoms with Gasteiger partial charge >= 0.3 is 5.97 Å². The van der Waals surface area contributed by atoms with Gasteiger partial charge in [0.05, 0.1) is 16.3 Å². The van der Waals surface area contributed by atoms with Crippen LogP contribution in [0.5, 0.6) is 5.75 Å². The van der Waals surface area contributed by atoms with Gasteiger partial charge in [0.25, 0.3) is 0 Å². The Kier molecular flexibility index (Phi) is 4.90. The highest BCUT2D eigenvalue weighted by Crippen LogP contribution is 2.16. The van der Waals surface area contributed by atoms with Gasteiger partial charge in [-0.15, -0.1) is 11.3 Å². The molecule has 0 saturated carbocycles. The van der Waals surface area contributed by atoms with Crippen LogP contribution < -0.4 is 4.74 Å². The number of hydrogen-bond donors (Lipinski definition) is 0. The molecule has 3 aromatic rings. The van der Waals surface area contributed by atoms with Gasteiger partial charge in [-0.25, -0.2) is 9.78 Å². The van der Waals surface area contributed by atoms with Gasteiger partial charge in [-0.2, -0.15) is 0 Å². The minimum atomic E-state index is -0.419. The highest BCUT2D eigenvalue weighted by molar-refractivity contribution is 7.09. The van der Waals surface area contributed by atoms with Crippen LogP contribution in [-0.2, 0) is 18.0 Å². The fourth-order valence-electron chi connectivity index (χ4n) is 2.03. The largest absolute Gasteiger partial charge is 0.487 e. The van der Waals surface area contributed by atoms with Gasteiger partial charge in [-0.05, 0) is 38.1 Å². The molecular formula is C17H16N2O4S. The van der Waals surface area contributed by atoms with Gasteiger partial charge in [-0.3, -0.25) is 0 Å². The second-order valence-corrected chi connectivity index (χ2v) is 6.24. The van der Waals surface area contributed by atoms with Crippen molar-refractivity contribution in [3.05, 3.63) is 63.4 Å². The van der Waals surface area contributed by atoms with Crippen molar-refractivity contribution in [2.24, 2.45) is 0 Å². The summed E-state index contributed by atoms with van der Waals surface area (Å²) in [7, 11) is 0. The molecule has 0 aliphatic carbocycles. The Hall–Kier alpha value is -2.67. The number of aryl methyl sites for hydroxylation is 2. The summed E-state index contributed by atoms with van der Waals surface area (Å²) in [5.41, 5.74) is 1.93. The van der Waals surface area contributed by atoms with E-state index in [1.165, 1.54) is 0 Å². The molecule has 0 atom stereocenters. The molecule has 0 bridgehead atoms. The summed E-state index contributed by atoms with van der Waals surface area (Å²) >= 11 is 1.59. The van der Waals surface area contributed by atoms with Crippen LogP contribution in [0.3, 0.4) is 0 Å². The molecule has 0 aliphatic rings. The zero-order valence-corrected chi connectivity index (χ0v) is 14.1. The molecule has 1 aromatic carbocycles. The van der Waals surface area contributed by atoms with E-state index in [9.17, 15) is 4.79 Å². The third kappa shape index (κ3) is 4.20. The Labute approximate surface area is 143 Å². The number of carbonyl (C=O) groups excluding carboxylic acids is 1. The summed E-state index contributed by atoms with van der Waals surface area (Å²) < 4.78 is 15.8. The predicted molar refractivity (Wildman–Crippen MR) is 88.0 cm³/mol. The minimum Gasteiger partial charge on any atom is -0.487 e. The quantitative estimate of drug-likeness (QED) is 0.635. The van der Waals surface area contributed by atoms with E-state index >= 15 is 0 Å². The number of aromatic nitrogens is 2. The van der Waals surface area contributed by atoms with E-state index in [1.807, 2.05) is 12.3 Å². The third-order valence-corrected chi connectivity index (χ3v) is 3.99. The van der Waals surface area contributed by atoms with E-state index < -0.39 is 5.97 Å². The number of carbonyl (C=O) groups is 1. The molecule has 2 aromatic heterocycles. The normalized spacial score (nSPS) is 10.6. The monoisotopic (exact) mass is 344 g/mol. The average Bonchev–Trinajstić information content (AvgIpc) is 3.19. The first kappa shape index (κ1) is 16.2. The highest BCUT2D eigenvalue weighted by atomic mass is 32.1. The molecule has 24 heavy (non-hydrogen) atoms. The molecule has 0 radical (unpaired) electrons. The molecule has 0 unspecified atom stereocenters. The molecule has 0 fully saturated rings. The van der Waals surface area contributed by atoms with E-state index in [4.69, 9.17) is 14.0 Å². The number of thiazole rings is 1. The van der Waals surface area contributed by atoms with Crippen molar-refractivity contribution in [3.63, 3.8) is 0 Å². The average molecular weight is 344 g/mol. The zero-order chi connectivity index (χ0) is 16.9. The molecule has 6 nitrogen and oxygen atoms in total. The summed E-state index contributed by atoms with van der Waals surface area (Å²) in [4.78, 5) is 16.3. The van der Waals surface area contributed by atoms with E-state index in [0.29, 0.717) is 29.4 Å². The fourth-order valence-corrected chi connectivity index (χ4v) is 2.63. The molecule has 2 heterocycles. The maximum Gasteiger partial charge on any atom is 0.338 e. The molecule has 0 N–H and O–H groups in total. The first-order valence-corrected chi connectivity index (χ1v) is 8.21. The lowest BCUT2D eigenvalue weighted by molar-refractivity contribution is 0.0464. The van der Waals surface area contributed by atoms with Crippen molar-refractivity contribution in [3.8, 4) is 5.75 Å². The van der Waals surface area contributed by atoms with Crippen molar-refractivity contribution in [2.45, 2.75) is 27.1 Å². The van der Waals surface area contributed by atoms with Gasteiger partial charge in [0, 0.05) is 11.4 Å². The summed E-state index contributed by atoms with van der Waals surface area (Å²) in [6.07, 6.45) is 0. The van der Waals surface area contributed by atoms with Crippen molar-refractivity contribution in [1.29, 1.82) is 0 Å². The topological polar surface area (TPSA) is 74.5 Å². The first-order valence-electron chi connectivity index (χ1n) is 7.33. The summed E-state index contributed by atoms with van der Waals surface area (Å²) in [5, 5.41) is 6.75. The number of hydrogen-bond acceptors (Lipinski definition) is 7. The molecule has 0 saturated heterocycles. The van der Waals surface area contributed by atoms with Gasteiger partial charge in [0.2, 0.25) is 0 Å². The maximum atomic E-state index is 12.0. The van der Waals surface area contributed by atoms with Crippen LogP contribution in [-0.4, -0.2) is 16.1 Å². The van der Waals surface area contributed by atoms with Crippen LogP contribution in [0.4, 0.5) is 0 Å². The van der Waals surface area contributed by atoms with Crippen LogP contribution in [0, 0.1) is 13.8 Å². The number of benzene rings is 1. The van der Waals surface area contributed by atoms with E-state index in [1.54, 1.807) is 48.6 Å². The van der Waals surface area contributed by atoms with Gasteiger partial charge in [-0.1, -0.05) is 5.16 Å². The van der Waals surface area contributed by atoms with Gasteiger partial charge < -0.3 is 14.0 Å². The lowest BCUT2D eigenvalue weighted by Gasteiger charge is -2.06. The van der Waals surface area contributed by atoms with Crippen molar-refractivity contribution < 1.29 is 18.8 Å². The van der Waals surface area contributed by atoms with Gasteiger partial charge in [0.15, 0.2) is 0 Å². The number of esters is 1.